The van der Waals surface area contributed by atoms with E-state index >= 15 is 0 Å². The third-order valence-electron chi connectivity index (χ3n) is 2.25. The smallest absolute Gasteiger partial charge is 0.168 e. The second-order valence-corrected chi connectivity index (χ2v) is 3.07. The van der Waals surface area contributed by atoms with Gasteiger partial charge in [0, 0.05) is 0 Å². The van der Waals surface area contributed by atoms with Crippen LogP contribution in [0, 0.1) is 5.92 Å². The molecule has 0 amide bonds. The van der Waals surface area contributed by atoms with Crippen LogP contribution in [0.25, 0.3) is 0 Å². The second kappa shape index (κ2) is 3.77. The summed E-state index contributed by atoms with van der Waals surface area (Å²) in [5.74, 6) is -1.81. The number of hydrogen-bond donors (Lipinski definition) is 1. The molecule has 0 aromatic rings. The molecule has 0 radical (unpaired) electrons. The lowest BCUT2D eigenvalue weighted by atomic mass is 9.83. The van der Waals surface area contributed by atoms with E-state index in [4.69, 9.17) is 5.11 Å². The van der Waals surface area contributed by atoms with Crippen molar-refractivity contribution in [3.63, 3.8) is 0 Å². The Balaban J connectivity index is 2.79. The van der Waals surface area contributed by atoms with Gasteiger partial charge >= 0.3 is 0 Å². The first-order valence-electron chi connectivity index (χ1n) is 3.82. The summed E-state index contributed by atoms with van der Waals surface area (Å²) in [7, 11) is 0. The van der Waals surface area contributed by atoms with Gasteiger partial charge in [0.25, 0.3) is 0 Å². The van der Waals surface area contributed by atoms with E-state index in [9.17, 15) is 22.0 Å². The molecule has 1 aliphatic carbocycles. The van der Waals surface area contributed by atoms with E-state index in [2.05, 4.69) is 0 Å². The summed E-state index contributed by atoms with van der Waals surface area (Å²) in [4.78, 5) is 0. The molecule has 1 N–H and O–H groups in total. The first kappa shape index (κ1) is 10.7. The highest BCUT2D eigenvalue weighted by atomic mass is 19.2. The molecule has 1 saturated carbocycles. The Bertz CT molecular complexity index is 162. The highest BCUT2D eigenvalue weighted by Crippen LogP contribution is 2.35. The molecule has 0 spiro atoms. The molecule has 78 valence electrons. The van der Waals surface area contributed by atoms with E-state index in [0.717, 1.165) is 0 Å². The Morgan fingerprint density at radius 2 is 1.00 bits per heavy atom. The van der Waals surface area contributed by atoms with Gasteiger partial charge in [-0.25, -0.2) is 22.0 Å². The van der Waals surface area contributed by atoms with Crippen molar-refractivity contribution in [2.24, 2.45) is 5.92 Å². The molecular weight excluding hydrogens is 195 g/mol. The highest BCUT2D eigenvalue weighted by molar-refractivity contribution is 4.99. The first-order chi connectivity index (χ1) is 6.00. The molecule has 6 heteroatoms. The van der Waals surface area contributed by atoms with Crippen LogP contribution in [0.1, 0.15) is 0 Å². The fourth-order valence-electron chi connectivity index (χ4n) is 1.38. The van der Waals surface area contributed by atoms with Crippen LogP contribution in [-0.2, 0) is 0 Å². The maximum Gasteiger partial charge on any atom is 0.168 e. The minimum absolute atomic E-state index is 1.03. The van der Waals surface area contributed by atoms with Gasteiger partial charge in [-0.2, -0.15) is 0 Å². The van der Waals surface area contributed by atoms with Crippen molar-refractivity contribution in [2.45, 2.75) is 30.9 Å². The number of aliphatic hydroxyl groups excluding tert-OH is 1. The van der Waals surface area contributed by atoms with Gasteiger partial charge in [-0.15, -0.1) is 0 Å². The molecule has 13 heavy (non-hydrogen) atoms. The molecule has 0 aromatic heterocycles. The van der Waals surface area contributed by atoms with Crippen LogP contribution in [0.15, 0.2) is 0 Å². The highest BCUT2D eigenvalue weighted by Gasteiger charge is 2.53. The largest absolute Gasteiger partial charge is 0.396 e. The molecule has 1 fully saturated rings. The summed E-state index contributed by atoms with van der Waals surface area (Å²) in [5, 5.41) is 8.42. The second-order valence-electron chi connectivity index (χ2n) is 3.07. The Morgan fingerprint density at radius 3 is 1.31 bits per heavy atom. The summed E-state index contributed by atoms with van der Waals surface area (Å²) in [6.45, 7) is -1.03. The third kappa shape index (κ3) is 1.63. The van der Waals surface area contributed by atoms with E-state index in [1.54, 1.807) is 0 Å². The average Bonchev–Trinajstić information content (AvgIpc) is 2.13. The van der Waals surface area contributed by atoms with Crippen molar-refractivity contribution in [3.05, 3.63) is 0 Å². The molecule has 1 aliphatic rings. The van der Waals surface area contributed by atoms with Gasteiger partial charge in [0.15, 0.2) is 18.5 Å². The molecule has 1 nitrogen and oxygen atoms in total. The van der Waals surface area contributed by atoms with Gasteiger partial charge < -0.3 is 5.11 Å². The zero-order valence-corrected chi connectivity index (χ0v) is 6.51. The van der Waals surface area contributed by atoms with Crippen LogP contribution in [0.5, 0.6) is 0 Å². The Kier molecular flexibility index (Phi) is 3.10. The van der Waals surface area contributed by atoms with Gasteiger partial charge in [-0.1, -0.05) is 0 Å². The molecule has 0 saturated heterocycles. The predicted molar refractivity (Wildman–Crippen MR) is 35.1 cm³/mol. The third-order valence-corrected chi connectivity index (χ3v) is 2.25. The van der Waals surface area contributed by atoms with Crippen molar-refractivity contribution in [2.75, 3.05) is 6.61 Å². The molecular formula is C7H9F5O. The fourth-order valence-corrected chi connectivity index (χ4v) is 1.38. The molecule has 1 rings (SSSR count). The molecule has 0 aliphatic heterocycles. The first-order valence-corrected chi connectivity index (χ1v) is 3.82. The van der Waals surface area contributed by atoms with E-state index in [1.165, 1.54) is 0 Å². The van der Waals surface area contributed by atoms with Gasteiger partial charge in [-0.05, 0) is 0 Å². The summed E-state index contributed by atoms with van der Waals surface area (Å²) in [6, 6.07) is 0. The van der Waals surface area contributed by atoms with E-state index in [1.807, 2.05) is 0 Å². The maximum atomic E-state index is 12.7. The van der Waals surface area contributed by atoms with Crippen molar-refractivity contribution in [1.29, 1.82) is 0 Å². The lowest BCUT2D eigenvalue weighted by Gasteiger charge is -2.35. The average molecular weight is 204 g/mol. The molecule has 0 bridgehead atoms. The minimum atomic E-state index is -2.78. The van der Waals surface area contributed by atoms with Crippen LogP contribution in [0.2, 0.25) is 0 Å². The van der Waals surface area contributed by atoms with Crippen LogP contribution in [-0.4, -0.2) is 42.6 Å². The van der Waals surface area contributed by atoms with Crippen LogP contribution in [0.3, 0.4) is 0 Å². The zero-order chi connectivity index (χ0) is 10.2. The van der Waals surface area contributed by atoms with E-state index < -0.39 is 43.4 Å². The number of rotatable bonds is 1. The van der Waals surface area contributed by atoms with Crippen molar-refractivity contribution < 1.29 is 27.1 Å². The van der Waals surface area contributed by atoms with Crippen LogP contribution < -0.4 is 0 Å². The topological polar surface area (TPSA) is 20.2 Å². The molecule has 0 heterocycles. The summed E-state index contributed by atoms with van der Waals surface area (Å²) < 4.78 is 63.1. The molecule has 0 aromatic carbocycles. The normalized spacial score (nSPS) is 52.2. The predicted octanol–water partition coefficient (Wildman–Crippen LogP) is 1.30. The number of hydrogen-bond acceptors (Lipinski definition) is 1. The van der Waals surface area contributed by atoms with Crippen molar-refractivity contribution >= 4 is 0 Å². The fraction of sp³-hybridized carbons (Fsp3) is 1.00. The van der Waals surface area contributed by atoms with E-state index in [0.29, 0.717) is 0 Å². The van der Waals surface area contributed by atoms with Gasteiger partial charge in [0.1, 0.15) is 12.3 Å². The Hall–Kier alpha value is -0.390. The standard InChI is InChI=1S/C7H9F5O/c8-3-2(1-13)4(9)6(11)7(12)5(3)10/h2-7,13H,1H2. The van der Waals surface area contributed by atoms with Crippen LogP contribution in [0.4, 0.5) is 22.0 Å². The van der Waals surface area contributed by atoms with Gasteiger partial charge in [0.2, 0.25) is 0 Å². The lowest BCUT2D eigenvalue weighted by molar-refractivity contribution is -0.100. The van der Waals surface area contributed by atoms with Gasteiger partial charge in [0.05, 0.1) is 12.5 Å². The zero-order valence-electron chi connectivity index (χ0n) is 6.51. The Morgan fingerprint density at radius 1 is 0.692 bits per heavy atom. The molecule has 4 unspecified atom stereocenters. The molecule has 4 atom stereocenters. The van der Waals surface area contributed by atoms with Gasteiger partial charge in [-0.3, -0.25) is 0 Å². The summed E-state index contributed by atoms with van der Waals surface area (Å²) in [6.07, 6.45) is -13.1. The summed E-state index contributed by atoms with van der Waals surface area (Å²) in [5.41, 5.74) is 0. The quantitative estimate of drug-likeness (QED) is 0.638. The maximum absolute atomic E-state index is 12.7. The number of halogens is 5. The number of alkyl halides is 5. The number of aliphatic hydroxyl groups is 1. The SMILES string of the molecule is OCC1C(F)C(F)C(F)C(F)C1F. The van der Waals surface area contributed by atoms with Crippen LogP contribution >= 0.6 is 0 Å². The Labute approximate surface area is 71.5 Å². The monoisotopic (exact) mass is 204 g/mol. The van der Waals surface area contributed by atoms with Crippen molar-refractivity contribution in [1.82, 2.24) is 0 Å². The van der Waals surface area contributed by atoms with E-state index in [-0.39, 0.29) is 0 Å². The summed E-state index contributed by atoms with van der Waals surface area (Å²) >= 11 is 0. The lowest BCUT2D eigenvalue weighted by Crippen LogP contribution is -2.54. The minimum Gasteiger partial charge on any atom is -0.396 e. The van der Waals surface area contributed by atoms with Crippen molar-refractivity contribution in [3.8, 4) is 0 Å².